The first-order valence-corrected chi connectivity index (χ1v) is 11.2. The fourth-order valence-corrected chi connectivity index (χ4v) is 3.98. The van der Waals surface area contributed by atoms with Gasteiger partial charge in [-0.3, -0.25) is 4.79 Å². The molecule has 5 nitrogen and oxygen atoms in total. The molecule has 0 saturated heterocycles. The van der Waals surface area contributed by atoms with Crippen LogP contribution in [0.25, 0.3) is 10.9 Å². The second-order valence-corrected chi connectivity index (χ2v) is 8.43. The number of hydrogen-bond acceptors (Lipinski definition) is 3. The van der Waals surface area contributed by atoms with E-state index in [4.69, 9.17) is 4.74 Å². The smallest absolute Gasteiger partial charge is 0.387 e. The van der Waals surface area contributed by atoms with Gasteiger partial charge in [-0.25, -0.2) is 0 Å². The topological polar surface area (TPSA) is 52.5 Å². The van der Waals surface area contributed by atoms with Crippen LogP contribution in [0.2, 0.25) is 0 Å². The highest BCUT2D eigenvalue weighted by molar-refractivity contribution is 5.99. The minimum Gasteiger partial charge on any atom is -0.441 e. The Morgan fingerprint density at radius 1 is 1.03 bits per heavy atom. The molecule has 0 unspecified atom stereocenters. The van der Waals surface area contributed by atoms with Gasteiger partial charge < -0.3 is 19.4 Å². The van der Waals surface area contributed by atoms with E-state index in [9.17, 15) is 13.6 Å². The van der Waals surface area contributed by atoms with Crippen molar-refractivity contribution in [2.45, 2.75) is 39.0 Å². The monoisotopic (exact) mass is 462 g/mol. The highest BCUT2D eigenvalue weighted by Crippen LogP contribution is 2.36. The number of carbonyl (C=O) groups is 1. The molecule has 1 fully saturated rings. The number of alkyl halides is 2. The van der Waals surface area contributed by atoms with Gasteiger partial charge in [0.1, 0.15) is 11.5 Å². The zero-order valence-electron chi connectivity index (χ0n) is 18.6. The van der Waals surface area contributed by atoms with E-state index in [0.717, 1.165) is 34.9 Å². The molecule has 1 heterocycles. The van der Waals surface area contributed by atoms with E-state index in [0.29, 0.717) is 23.7 Å². The molecular weight excluding hydrogens is 438 g/mol. The van der Waals surface area contributed by atoms with Gasteiger partial charge in [-0.05, 0) is 67.8 Å². The summed E-state index contributed by atoms with van der Waals surface area (Å²) in [7, 11) is 0. The number of fused-ring (bicyclic) bond motifs is 1. The van der Waals surface area contributed by atoms with Crippen LogP contribution in [0.1, 0.15) is 34.3 Å². The van der Waals surface area contributed by atoms with Crippen LogP contribution in [0.15, 0.2) is 72.8 Å². The number of benzene rings is 3. The number of aromatic nitrogens is 1. The minimum absolute atomic E-state index is 0.0725. The van der Waals surface area contributed by atoms with Gasteiger partial charge in [-0.1, -0.05) is 30.3 Å². The first-order chi connectivity index (χ1) is 16.5. The van der Waals surface area contributed by atoms with Crippen molar-refractivity contribution in [2.75, 3.05) is 0 Å². The van der Waals surface area contributed by atoms with Crippen molar-refractivity contribution in [1.82, 2.24) is 9.88 Å². The Morgan fingerprint density at radius 3 is 2.44 bits per heavy atom. The van der Waals surface area contributed by atoms with Crippen LogP contribution >= 0.6 is 0 Å². The molecule has 3 aromatic carbocycles. The lowest BCUT2D eigenvalue weighted by Gasteiger charge is -2.13. The normalized spacial score (nSPS) is 13.3. The van der Waals surface area contributed by atoms with Crippen molar-refractivity contribution in [3.05, 3.63) is 89.5 Å². The number of halogens is 2. The van der Waals surface area contributed by atoms with E-state index < -0.39 is 6.61 Å². The average molecular weight is 462 g/mol. The third-order valence-corrected chi connectivity index (χ3v) is 5.88. The lowest BCUT2D eigenvalue weighted by atomic mass is 10.1. The summed E-state index contributed by atoms with van der Waals surface area (Å²) in [5.41, 5.74) is 3.34. The zero-order valence-corrected chi connectivity index (χ0v) is 18.6. The summed E-state index contributed by atoms with van der Waals surface area (Å²) in [5, 5.41) is 3.96. The molecule has 0 spiro atoms. The largest absolute Gasteiger partial charge is 0.441 e. The Balaban J connectivity index is 1.53. The molecule has 1 amide bonds. The summed E-state index contributed by atoms with van der Waals surface area (Å²) in [6.45, 7) is -0.437. The van der Waals surface area contributed by atoms with Crippen LogP contribution < -0.4 is 14.8 Å². The SMILES string of the molecule is Cc1c(Oc2ccccc2)n(Cc2ccc(OC(F)F)cc2)c2ccc(C(=O)NC3CC3)cc12. The summed E-state index contributed by atoms with van der Waals surface area (Å²) in [5.74, 6) is 1.40. The fourth-order valence-electron chi connectivity index (χ4n) is 3.98. The summed E-state index contributed by atoms with van der Waals surface area (Å²) in [6, 6.07) is 22.0. The summed E-state index contributed by atoms with van der Waals surface area (Å²) in [6.07, 6.45) is 2.05. The van der Waals surface area contributed by atoms with Crippen molar-refractivity contribution in [2.24, 2.45) is 0 Å². The number of nitrogens with one attached hydrogen (secondary N) is 1. The van der Waals surface area contributed by atoms with Gasteiger partial charge in [0.2, 0.25) is 5.88 Å². The van der Waals surface area contributed by atoms with E-state index in [1.807, 2.05) is 60.0 Å². The molecule has 1 aliphatic carbocycles. The van der Waals surface area contributed by atoms with Crippen molar-refractivity contribution in [1.29, 1.82) is 0 Å². The van der Waals surface area contributed by atoms with E-state index in [1.54, 1.807) is 12.1 Å². The van der Waals surface area contributed by atoms with Gasteiger partial charge in [-0.15, -0.1) is 0 Å². The maximum absolute atomic E-state index is 12.6. The number of carbonyl (C=O) groups excluding carboxylic acids is 1. The highest BCUT2D eigenvalue weighted by Gasteiger charge is 2.25. The van der Waals surface area contributed by atoms with Crippen LogP contribution in [0.4, 0.5) is 8.78 Å². The molecule has 174 valence electrons. The third-order valence-electron chi connectivity index (χ3n) is 5.88. The summed E-state index contributed by atoms with van der Waals surface area (Å²) >= 11 is 0. The molecule has 0 atom stereocenters. The molecule has 1 aromatic heterocycles. The molecule has 4 aromatic rings. The number of hydrogen-bond donors (Lipinski definition) is 1. The van der Waals surface area contributed by atoms with Crippen LogP contribution in [0.5, 0.6) is 17.4 Å². The number of nitrogens with zero attached hydrogens (tertiary/aromatic N) is 1. The van der Waals surface area contributed by atoms with Crippen LogP contribution in [-0.4, -0.2) is 23.1 Å². The van der Waals surface area contributed by atoms with Crippen molar-refractivity contribution in [3.8, 4) is 17.4 Å². The Bertz CT molecular complexity index is 1310. The van der Waals surface area contributed by atoms with Gasteiger partial charge >= 0.3 is 6.61 Å². The second-order valence-electron chi connectivity index (χ2n) is 8.43. The third kappa shape index (κ3) is 4.73. The van der Waals surface area contributed by atoms with Gasteiger partial charge in [0.05, 0.1) is 12.1 Å². The maximum Gasteiger partial charge on any atom is 0.387 e. The van der Waals surface area contributed by atoms with Gasteiger partial charge in [0.15, 0.2) is 0 Å². The molecule has 0 aliphatic heterocycles. The molecule has 5 rings (SSSR count). The van der Waals surface area contributed by atoms with Crippen molar-refractivity contribution in [3.63, 3.8) is 0 Å². The number of para-hydroxylation sites is 1. The van der Waals surface area contributed by atoms with Gasteiger partial charge in [0, 0.05) is 22.6 Å². The lowest BCUT2D eigenvalue weighted by molar-refractivity contribution is -0.0498. The lowest BCUT2D eigenvalue weighted by Crippen LogP contribution is -2.25. The predicted molar refractivity (Wildman–Crippen MR) is 126 cm³/mol. The molecule has 0 radical (unpaired) electrons. The Morgan fingerprint density at radius 2 is 1.76 bits per heavy atom. The molecule has 1 N–H and O–H groups in total. The average Bonchev–Trinajstić information content (AvgIpc) is 3.62. The number of amides is 1. The molecule has 7 heteroatoms. The van der Waals surface area contributed by atoms with E-state index >= 15 is 0 Å². The highest BCUT2D eigenvalue weighted by atomic mass is 19.3. The molecule has 0 bridgehead atoms. The quantitative estimate of drug-likeness (QED) is 0.335. The summed E-state index contributed by atoms with van der Waals surface area (Å²) in [4.78, 5) is 12.6. The molecule has 34 heavy (non-hydrogen) atoms. The van der Waals surface area contributed by atoms with Gasteiger partial charge in [0.25, 0.3) is 5.91 Å². The standard InChI is InChI=1S/C27H24F2N2O3/c1-17-23-15-19(25(32)30-20-10-11-20)9-14-24(23)31(26(17)33-21-5-3-2-4-6-21)16-18-7-12-22(13-8-18)34-27(28)29/h2-9,12-15,20,27H,10-11,16H2,1H3,(H,30,32). The zero-order chi connectivity index (χ0) is 23.7. The Kier molecular flexibility index (Phi) is 5.92. The number of ether oxygens (including phenoxy) is 2. The Labute approximate surface area is 195 Å². The maximum atomic E-state index is 12.6. The Hall–Kier alpha value is -3.87. The fraction of sp³-hybridized carbons (Fsp3) is 0.222. The van der Waals surface area contributed by atoms with Crippen LogP contribution in [-0.2, 0) is 6.54 Å². The summed E-state index contributed by atoms with van der Waals surface area (Å²) < 4.78 is 37.8. The van der Waals surface area contributed by atoms with Gasteiger partial charge in [-0.2, -0.15) is 8.78 Å². The van der Waals surface area contributed by atoms with Crippen LogP contribution in [0, 0.1) is 6.92 Å². The molecule has 1 saturated carbocycles. The van der Waals surface area contributed by atoms with Crippen molar-refractivity contribution < 1.29 is 23.0 Å². The number of aryl methyl sites for hydroxylation is 1. The predicted octanol–water partition coefficient (Wildman–Crippen LogP) is 6.28. The molecular formula is C27H24F2N2O3. The van der Waals surface area contributed by atoms with E-state index in [2.05, 4.69) is 10.1 Å². The second kappa shape index (κ2) is 9.17. The first kappa shape index (κ1) is 21.9. The van der Waals surface area contributed by atoms with Crippen molar-refractivity contribution >= 4 is 16.8 Å². The van der Waals surface area contributed by atoms with Crippen LogP contribution in [0.3, 0.4) is 0 Å². The first-order valence-electron chi connectivity index (χ1n) is 11.2. The minimum atomic E-state index is -2.86. The van der Waals surface area contributed by atoms with E-state index in [-0.39, 0.29) is 17.7 Å². The number of rotatable bonds is 8. The van der Waals surface area contributed by atoms with E-state index in [1.165, 1.54) is 12.1 Å². The molecule has 1 aliphatic rings.